The summed E-state index contributed by atoms with van der Waals surface area (Å²) in [7, 11) is 0. The van der Waals surface area contributed by atoms with Crippen molar-refractivity contribution in [3.63, 3.8) is 0 Å². The van der Waals surface area contributed by atoms with E-state index in [1.165, 1.54) is 4.90 Å². The van der Waals surface area contributed by atoms with Crippen molar-refractivity contribution in [3.05, 3.63) is 35.4 Å². The number of benzene rings is 1. The van der Waals surface area contributed by atoms with Gasteiger partial charge in [-0.05, 0) is 25.0 Å². The summed E-state index contributed by atoms with van der Waals surface area (Å²) in [6.45, 7) is 4.47. The van der Waals surface area contributed by atoms with Crippen LogP contribution in [0.4, 0.5) is 0 Å². The Morgan fingerprint density at radius 2 is 1.50 bits per heavy atom. The summed E-state index contributed by atoms with van der Waals surface area (Å²) in [5, 5.41) is 8.66. The Labute approximate surface area is 107 Å². The van der Waals surface area contributed by atoms with E-state index in [1.54, 1.807) is 24.3 Å². The highest BCUT2D eigenvalue weighted by atomic mass is 16.3. The summed E-state index contributed by atoms with van der Waals surface area (Å²) in [4.78, 5) is 24.9. The topological polar surface area (TPSA) is 57.6 Å². The number of fused-ring (bicyclic) bond motifs is 1. The molecule has 1 aromatic rings. The number of aliphatic hydroxyl groups is 1. The second-order valence-electron chi connectivity index (χ2n) is 3.74. The molecule has 0 aliphatic carbocycles. The molecule has 1 heterocycles. The smallest absolute Gasteiger partial charge is 0.261 e. The van der Waals surface area contributed by atoms with Gasteiger partial charge in [0.1, 0.15) is 0 Å². The van der Waals surface area contributed by atoms with Gasteiger partial charge in [0, 0.05) is 13.2 Å². The molecule has 0 fully saturated rings. The molecule has 1 aliphatic rings. The molecule has 4 nitrogen and oxygen atoms in total. The highest BCUT2D eigenvalue weighted by Gasteiger charge is 2.34. The number of unbranched alkanes of at least 4 members (excludes halogenated alkanes) is 1. The standard InChI is InChI=1S/C12H13NO3.C2H6/c14-8-4-3-7-13-11(15)9-5-1-2-6-10(9)12(13)16;1-2/h1-2,5-6,14H,3-4,7-8H2;1-2H3. The van der Waals surface area contributed by atoms with Crippen molar-refractivity contribution in [2.24, 2.45) is 0 Å². The van der Waals surface area contributed by atoms with Gasteiger partial charge in [-0.1, -0.05) is 26.0 Å². The lowest BCUT2D eigenvalue weighted by molar-refractivity contribution is 0.0649. The zero-order valence-corrected chi connectivity index (χ0v) is 10.8. The molecule has 1 N–H and O–H groups in total. The van der Waals surface area contributed by atoms with Crippen molar-refractivity contribution >= 4 is 11.8 Å². The monoisotopic (exact) mass is 249 g/mol. The van der Waals surface area contributed by atoms with Crippen LogP contribution in [-0.4, -0.2) is 35.0 Å². The Bertz CT molecular complexity index is 394. The van der Waals surface area contributed by atoms with Crippen LogP contribution in [0.15, 0.2) is 24.3 Å². The summed E-state index contributed by atoms with van der Waals surface area (Å²) in [6, 6.07) is 6.84. The molecule has 0 unspecified atom stereocenters. The number of amides is 2. The van der Waals surface area contributed by atoms with E-state index in [4.69, 9.17) is 5.11 Å². The molecule has 4 heteroatoms. The minimum Gasteiger partial charge on any atom is -0.396 e. The maximum absolute atomic E-state index is 11.8. The van der Waals surface area contributed by atoms with Gasteiger partial charge in [0.05, 0.1) is 11.1 Å². The number of imide groups is 1. The van der Waals surface area contributed by atoms with E-state index >= 15 is 0 Å². The number of rotatable bonds is 4. The van der Waals surface area contributed by atoms with Crippen LogP contribution in [0, 0.1) is 0 Å². The highest BCUT2D eigenvalue weighted by molar-refractivity contribution is 6.21. The van der Waals surface area contributed by atoms with E-state index in [0.717, 1.165) is 0 Å². The first-order valence-electron chi connectivity index (χ1n) is 6.32. The molecule has 0 saturated carbocycles. The number of hydrogen-bond donors (Lipinski definition) is 1. The fourth-order valence-electron chi connectivity index (χ4n) is 1.82. The van der Waals surface area contributed by atoms with E-state index in [2.05, 4.69) is 0 Å². The van der Waals surface area contributed by atoms with E-state index in [1.807, 2.05) is 13.8 Å². The van der Waals surface area contributed by atoms with Crippen molar-refractivity contribution in [1.82, 2.24) is 4.90 Å². The lowest BCUT2D eigenvalue weighted by atomic mass is 10.1. The molecule has 1 aliphatic heterocycles. The second-order valence-corrected chi connectivity index (χ2v) is 3.74. The maximum Gasteiger partial charge on any atom is 0.261 e. The van der Waals surface area contributed by atoms with Gasteiger partial charge in [0.15, 0.2) is 0 Å². The van der Waals surface area contributed by atoms with E-state index in [0.29, 0.717) is 30.5 Å². The molecule has 98 valence electrons. The molecule has 2 rings (SSSR count). The first-order chi connectivity index (χ1) is 8.75. The van der Waals surface area contributed by atoms with Crippen molar-refractivity contribution in [3.8, 4) is 0 Å². The molecular weight excluding hydrogens is 230 g/mol. The summed E-state index contributed by atoms with van der Waals surface area (Å²) in [5.74, 6) is -0.447. The van der Waals surface area contributed by atoms with Crippen LogP contribution >= 0.6 is 0 Å². The summed E-state index contributed by atoms with van der Waals surface area (Å²) < 4.78 is 0. The quantitative estimate of drug-likeness (QED) is 0.656. The normalized spacial score (nSPS) is 13.2. The first-order valence-corrected chi connectivity index (χ1v) is 6.32. The lowest BCUT2D eigenvalue weighted by Gasteiger charge is -2.12. The maximum atomic E-state index is 11.8. The zero-order chi connectivity index (χ0) is 13.5. The molecule has 0 radical (unpaired) electrons. The zero-order valence-electron chi connectivity index (χ0n) is 10.8. The molecule has 1 aromatic carbocycles. The van der Waals surface area contributed by atoms with Gasteiger partial charge in [0.2, 0.25) is 0 Å². The number of carbonyl (C=O) groups is 2. The third-order valence-electron chi connectivity index (χ3n) is 2.67. The summed E-state index contributed by atoms with van der Waals surface area (Å²) in [6.07, 6.45) is 1.25. The lowest BCUT2D eigenvalue weighted by Crippen LogP contribution is -2.30. The van der Waals surface area contributed by atoms with Crippen LogP contribution in [0.2, 0.25) is 0 Å². The molecule has 0 aromatic heterocycles. The van der Waals surface area contributed by atoms with Gasteiger partial charge >= 0.3 is 0 Å². The van der Waals surface area contributed by atoms with E-state index in [-0.39, 0.29) is 18.4 Å². The number of nitrogens with zero attached hydrogens (tertiary/aromatic N) is 1. The van der Waals surface area contributed by atoms with Crippen LogP contribution < -0.4 is 0 Å². The van der Waals surface area contributed by atoms with Crippen LogP contribution in [0.5, 0.6) is 0 Å². The van der Waals surface area contributed by atoms with E-state index < -0.39 is 0 Å². The Balaban J connectivity index is 0.000000771. The minimum absolute atomic E-state index is 0.0865. The SMILES string of the molecule is CC.O=C1c2ccccc2C(=O)N1CCCCO. The first kappa shape index (κ1) is 14.4. The van der Waals surface area contributed by atoms with Crippen LogP contribution in [0.1, 0.15) is 47.4 Å². The van der Waals surface area contributed by atoms with Crippen molar-refractivity contribution in [2.45, 2.75) is 26.7 Å². The number of aliphatic hydroxyl groups excluding tert-OH is 1. The van der Waals surface area contributed by atoms with E-state index in [9.17, 15) is 9.59 Å². The van der Waals surface area contributed by atoms with Gasteiger partial charge in [-0.3, -0.25) is 14.5 Å². The van der Waals surface area contributed by atoms with Crippen molar-refractivity contribution < 1.29 is 14.7 Å². The summed E-state index contributed by atoms with van der Waals surface area (Å²) in [5.41, 5.74) is 0.966. The van der Waals surface area contributed by atoms with Crippen molar-refractivity contribution in [2.75, 3.05) is 13.2 Å². The molecule has 0 atom stereocenters. The van der Waals surface area contributed by atoms with Gasteiger partial charge in [0.25, 0.3) is 11.8 Å². The van der Waals surface area contributed by atoms with Crippen LogP contribution in [0.3, 0.4) is 0 Å². The van der Waals surface area contributed by atoms with Gasteiger partial charge in [-0.15, -0.1) is 0 Å². The molecular formula is C14H19NO3. The molecule has 0 bridgehead atoms. The molecule has 0 saturated heterocycles. The largest absolute Gasteiger partial charge is 0.396 e. The Morgan fingerprint density at radius 1 is 1.00 bits per heavy atom. The predicted octanol–water partition coefficient (Wildman–Crippen LogP) is 2.08. The van der Waals surface area contributed by atoms with Crippen LogP contribution in [0.25, 0.3) is 0 Å². The fourth-order valence-corrected chi connectivity index (χ4v) is 1.82. The Morgan fingerprint density at radius 3 is 1.94 bits per heavy atom. The Kier molecular flexibility index (Phi) is 5.52. The second kappa shape index (κ2) is 6.91. The van der Waals surface area contributed by atoms with Crippen molar-refractivity contribution in [1.29, 1.82) is 0 Å². The third kappa shape index (κ3) is 2.76. The highest BCUT2D eigenvalue weighted by Crippen LogP contribution is 2.22. The third-order valence-corrected chi connectivity index (χ3v) is 2.67. The molecule has 0 spiro atoms. The predicted molar refractivity (Wildman–Crippen MR) is 69.5 cm³/mol. The average molecular weight is 249 g/mol. The van der Waals surface area contributed by atoms with Gasteiger partial charge < -0.3 is 5.11 Å². The average Bonchev–Trinajstić information content (AvgIpc) is 2.67. The fraction of sp³-hybridized carbons (Fsp3) is 0.429. The molecule has 18 heavy (non-hydrogen) atoms. The molecule has 2 amide bonds. The number of carbonyl (C=O) groups excluding carboxylic acids is 2. The van der Waals surface area contributed by atoms with Gasteiger partial charge in [-0.2, -0.15) is 0 Å². The van der Waals surface area contributed by atoms with Crippen LogP contribution in [-0.2, 0) is 0 Å². The number of hydrogen-bond acceptors (Lipinski definition) is 3. The Hall–Kier alpha value is -1.68. The van der Waals surface area contributed by atoms with Gasteiger partial charge in [-0.25, -0.2) is 0 Å². The summed E-state index contributed by atoms with van der Waals surface area (Å²) >= 11 is 0. The minimum atomic E-state index is -0.224.